The van der Waals surface area contributed by atoms with E-state index in [-0.39, 0.29) is 6.04 Å². The van der Waals surface area contributed by atoms with Gasteiger partial charge in [-0.2, -0.15) is 0 Å². The van der Waals surface area contributed by atoms with Gasteiger partial charge < -0.3 is 14.6 Å². The Labute approximate surface area is 131 Å². The molecule has 0 aliphatic rings. The highest BCUT2D eigenvalue weighted by Gasteiger charge is 2.09. The lowest BCUT2D eigenvalue weighted by molar-refractivity contribution is 0.297. The fourth-order valence-electron chi connectivity index (χ4n) is 2.06. The first-order valence-electron chi connectivity index (χ1n) is 7.22. The third-order valence-corrected chi connectivity index (χ3v) is 3.74. The van der Waals surface area contributed by atoms with E-state index in [2.05, 4.69) is 30.2 Å². The second-order valence-corrected chi connectivity index (χ2v) is 5.56. The second kappa shape index (κ2) is 7.48. The average molecular weight is 308 g/mol. The van der Waals surface area contributed by atoms with E-state index < -0.39 is 0 Å². The number of aromatic nitrogens is 2. The van der Waals surface area contributed by atoms with Crippen LogP contribution in [-0.2, 0) is 13.7 Å². The van der Waals surface area contributed by atoms with Crippen LogP contribution in [0, 0.1) is 0 Å². The minimum atomic E-state index is 0.286. The molecule has 0 aliphatic carbocycles. The number of hydrogen-bond donors (Lipinski definition) is 1. The predicted octanol–water partition coefficient (Wildman–Crippen LogP) is 3.71. The van der Waals surface area contributed by atoms with Crippen molar-refractivity contribution in [3.63, 3.8) is 0 Å². The van der Waals surface area contributed by atoms with Crippen molar-refractivity contribution in [2.24, 2.45) is 7.05 Å². The van der Waals surface area contributed by atoms with Crippen molar-refractivity contribution in [2.75, 3.05) is 6.54 Å². The van der Waals surface area contributed by atoms with Crippen LogP contribution >= 0.6 is 11.6 Å². The molecular weight excluding hydrogens is 286 g/mol. The highest BCUT2D eigenvalue weighted by molar-refractivity contribution is 6.32. The van der Waals surface area contributed by atoms with Crippen LogP contribution in [0.5, 0.6) is 5.75 Å². The Bertz CT molecular complexity index is 583. The molecular formula is C16H22ClN3O. The molecule has 21 heavy (non-hydrogen) atoms. The third-order valence-electron chi connectivity index (χ3n) is 3.45. The summed E-state index contributed by atoms with van der Waals surface area (Å²) >= 11 is 6.31. The Hall–Kier alpha value is -1.52. The van der Waals surface area contributed by atoms with Crippen LogP contribution in [0.4, 0.5) is 0 Å². The zero-order chi connectivity index (χ0) is 15.2. The quantitative estimate of drug-likeness (QED) is 0.847. The lowest BCUT2D eigenvalue weighted by Crippen LogP contribution is -2.19. The van der Waals surface area contributed by atoms with Crippen molar-refractivity contribution >= 4 is 11.6 Å². The molecule has 1 N–H and O–H groups in total. The Morgan fingerprint density at radius 3 is 2.86 bits per heavy atom. The average Bonchev–Trinajstić information content (AvgIpc) is 2.88. The molecule has 2 aromatic rings. The van der Waals surface area contributed by atoms with Gasteiger partial charge in [0.25, 0.3) is 0 Å². The van der Waals surface area contributed by atoms with E-state index in [0.717, 1.165) is 18.7 Å². The molecule has 0 saturated carbocycles. The fraction of sp³-hybridized carbons (Fsp3) is 0.438. The summed E-state index contributed by atoms with van der Waals surface area (Å²) in [5.41, 5.74) is 2.18. The molecule has 1 atom stereocenters. The lowest BCUT2D eigenvalue weighted by Gasteiger charge is -2.15. The van der Waals surface area contributed by atoms with Crippen molar-refractivity contribution in [3.05, 3.63) is 47.0 Å². The second-order valence-electron chi connectivity index (χ2n) is 5.15. The van der Waals surface area contributed by atoms with Crippen LogP contribution in [0.1, 0.15) is 37.6 Å². The van der Waals surface area contributed by atoms with E-state index in [0.29, 0.717) is 17.4 Å². The molecule has 0 spiro atoms. The van der Waals surface area contributed by atoms with Crippen molar-refractivity contribution < 1.29 is 4.74 Å². The Balaban J connectivity index is 2.00. The normalized spacial score (nSPS) is 12.4. The molecule has 1 unspecified atom stereocenters. The molecule has 1 aromatic heterocycles. The van der Waals surface area contributed by atoms with Gasteiger partial charge in [-0.05, 0) is 37.6 Å². The van der Waals surface area contributed by atoms with Gasteiger partial charge >= 0.3 is 0 Å². The molecule has 4 nitrogen and oxygen atoms in total. The van der Waals surface area contributed by atoms with E-state index in [4.69, 9.17) is 16.3 Å². The molecule has 0 amide bonds. The Morgan fingerprint density at radius 1 is 1.43 bits per heavy atom. The van der Waals surface area contributed by atoms with E-state index >= 15 is 0 Å². The number of imidazole rings is 1. The predicted molar refractivity (Wildman–Crippen MR) is 85.7 cm³/mol. The number of halogens is 1. The maximum atomic E-state index is 6.31. The number of nitrogens with one attached hydrogen (secondary N) is 1. The summed E-state index contributed by atoms with van der Waals surface area (Å²) < 4.78 is 7.69. The maximum Gasteiger partial charge on any atom is 0.138 e. The Morgan fingerprint density at radius 2 is 2.24 bits per heavy atom. The first-order chi connectivity index (χ1) is 10.1. The maximum absolute atomic E-state index is 6.31. The monoisotopic (exact) mass is 307 g/mol. The molecule has 0 fully saturated rings. The molecule has 5 heteroatoms. The summed E-state index contributed by atoms with van der Waals surface area (Å²) in [6.45, 7) is 5.75. The minimum Gasteiger partial charge on any atom is -0.486 e. The summed E-state index contributed by atoms with van der Waals surface area (Å²) in [6.07, 6.45) is 4.66. The van der Waals surface area contributed by atoms with Gasteiger partial charge in [-0.25, -0.2) is 4.98 Å². The largest absolute Gasteiger partial charge is 0.486 e. The first kappa shape index (κ1) is 15.9. The summed E-state index contributed by atoms with van der Waals surface area (Å²) in [7, 11) is 1.94. The van der Waals surface area contributed by atoms with E-state index in [1.807, 2.05) is 23.7 Å². The van der Waals surface area contributed by atoms with Crippen LogP contribution in [0.15, 0.2) is 30.7 Å². The van der Waals surface area contributed by atoms with Crippen LogP contribution in [0.25, 0.3) is 0 Å². The molecule has 0 saturated heterocycles. The molecule has 114 valence electrons. The van der Waals surface area contributed by atoms with Crippen molar-refractivity contribution in [2.45, 2.75) is 32.9 Å². The van der Waals surface area contributed by atoms with Crippen LogP contribution in [-0.4, -0.2) is 16.1 Å². The van der Waals surface area contributed by atoms with Gasteiger partial charge in [-0.3, -0.25) is 0 Å². The smallest absolute Gasteiger partial charge is 0.138 e. The fourth-order valence-corrected chi connectivity index (χ4v) is 2.30. The van der Waals surface area contributed by atoms with Gasteiger partial charge in [0.15, 0.2) is 0 Å². The molecule has 0 aliphatic heterocycles. The molecule has 1 heterocycles. The molecule has 2 rings (SSSR count). The van der Waals surface area contributed by atoms with Gasteiger partial charge in [-0.1, -0.05) is 24.6 Å². The summed E-state index contributed by atoms with van der Waals surface area (Å²) in [6, 6.07) is 6.23. The highest BCUT2D eigenvalue weighted by Crippen LogP contribution is 2.28. The van der Waals surface area contributed by atoms with Crippen LogP contribution in [0.3, 0.4) is 0 Å². The number of ether oxygens (including phenoxy) is 1. The van der Waals surface area contributed by atoms with Gasteiger partial charge in [0.05, 0.1) is 23.2 Å². The third kappa shape index (κ3) is 4.22. The van der Waals surface area contributed by atoms with Gasteiger partial charge in [0, 0.05) is 13.1 Å². The minimum absolute atomic E-state index is 0.286. The van der Waals surface area contributed by atoms with Gasteiger partial charge in [-0.15, -0.1) is 0 Å². The van der Waals surface area contributed by atoms with Crippen molar-refractivity contribution in [3.8, 4) is 5.75 Å². The molecule has 0 radical (unpaired) electrons. The Kier molecular flexibility index (Phi) is 5.65. The molecule has 1 aromatic carbocycles. The number of rotatable bonds is 7. The van der Waals surface area contributed by atoms with Gasteiger partial charge in [0.2, 0.25) is 0 Å². The van der Waals surface area contributed by atoms with Gasteiger partial charge in [0.1, 0.15) is 12.4 Å². The SMILES string of the molecule is CCCNC(C)c1ccc(OCc2cncn2C)c(Cl)c1. The van der Waals surface area contributed by atoms with Crippen molar-refractivity contribution in [1.82, 2.24) is 14.9 Å². The molecule has 0 bridgehead atoms. The van der Waals surface area contributed by atoms with Crippen LogP contribution < -0.4 is 10.1 Å². The number of nitrogens with zero attached hydrogens (tertiary/aromatic N) is 2. The number of aryl methyl sites for hydroxylation is 1. The zero-order valence-electron chi connectivity index (χ0n) is 12.8. The number of benzene rings is 1. The highest BCUT2D eigenvalue weighted by atomic mass is 35.5. The van der Waals surface area contributed by atoms with Crippen molar-refractivity contribution in [1.29, 1.82) is 0 Å². The zero-order valence-corrected chi connectivity index (χ0v) is 13.5. The topological polar surface area (TPSA) is 39.1 Å². The standard InChI is InChI=1S/C16H22ClN3O/c1-4-7-19-12(2)13-5-6-16(15(17)8-13)21-10-14-9-18-11-20(14)3/h5-6,8-9,11-12,19H,4,7,10H2,1-3H3. The van der Waals surface area contributed by atoms with Crippen LogP contribution in [0.2, 0.25) is 5.02 Å². The van der Waals surface area contributed by atoms with E-state index in [1.54, 1.807) is 12.5 Å². The summed E-state index contributed by atoms with van der Waals surface area (Å²) in [5, 5.41) is 4.08. The first-order valence-corrected chi connectivity index (χ1v) is 7.60. The van der Waals surface area contributed by atoms with E-state index in [1.165, 1.54) is 5.56 Å². The van der Waals surface area contributed by atoms with E-state index in [9.17, 15) is 0 Å². The lowest BCUT2D eigenvalue weighted by atomic mass is 10.1. The number of hydrogen-bond acceptors (Lipinski definition) is 3. The summed E-state index contributed by atoms with van der Waals surface area (Å²) in [4.78, 5) is 4.06. The summed E-state index contributed by atoms with van der Waals surface area (Å²) in [5.74, 6) is 0.698.